The maximum absolute atomic E-state index is 11.0. The molecule has 0 aromatic carbocycles. The normalized spacial score (nSPS) is 14.0. The van der Waals surface area contributed by atoms with E-state index in [1.807, 2.05) is 6.07 Å². The van der Waals surface area contributed by atoms with Gasteiger partial charge in [-0.3, -0.25) is 9.78 Å². The number of aromatic nitrogens is 3. The first-order valence-corrected chi connectivity index (χ1v) is 7.36. The topological polar surface area (TPSA) is 89.1 Å². The first kappa shape index (κ1) is 15.1. The molecule has 2 aromatic rings. The number of carboxylic acid groups (broad SMARTS) is 1. The molecule has 2 aromatic heterocycles. The molecule has 0 radical (unpaired) electrons. The van der Waals surface area contributed by atoms with Crippen LogP contribution in [0.5, 0.6) is 0 Å². The van der Waals surface area contributed by atoms with Gasteiger partial charge in [-0.15, -0.1) is 0 Å². The molecular weight excluding hydrogens is 394 g/mol. The first-order chi connectivity index (χ1) is 9.40. The Bertz CT molecular complexity index is 645. The molecule has 2 heterocycles. The summed E-state index contributed by atoms with van der Waals surface area (Å²) < 4.78 is 6.68. The van der Waals surface area contributed by atoms with Gasteiger partial charge in [0, 0.05) is 21.1 Å². The number of pyridine rings is 1. The zero-order chi connectivity index (χ0) is 14.9. The summed E-state index contributed by atoms with van der Waals surface area (Å²) in [6.45, 7) is 3.34. The third kappa shape index (κ3) is 3.06. The van der Waals surface area contributed by atoms with Crippen molar-refractivity contribution >= 4 is 37.8 Å². The highest BCUT2D eigenvalue weighted by atomic mass is 79.9. The van der Waals surface area contributed by atoms with Crippen LogP contribution in [-0.2, 0) is 4.79 Å². The molecule has 2 atom stereocenters. The van der Waals surface area contributed by atoms with Crippen LogP contribution in [0, 0.1) is 5.92 Å². The van der Waals surface area contributed by atoms with Crippen LogP contribution in [0.1, 0.15) is 25.7 Å². The SMILES string of the molecule is CC(C(=O)O)C(C)c1nc(-c2ncc(Br)cc2Br)no1. The lowest BCUT2D eigenvalue weighted by molar-refractivity contribution is -0.141. The molecular formula is C12H11Br2N3O3. The van der Waals surface area contributed by atoms with Crippen molar-refractivity contribution in [3.05, 3.63) is 27.1 Å². The molecule has 0 bridgehead atoms. The number of nitrogens with zero attached hydrogens (tertiary/aromatic N) is 3. The van der Waals surface area contributed by atoms with Crippen molar-refractivity contribution in [1.29, 1.82) is 0 Å². The van der Waals surface area contributed by atoms with Crippen molar-refractivity contribution in [2.75, 3.05) is 0 Å². The number of hydrogen-bond acceptors (Lipinski definition) is 5. The molecule has 8 heteroatoms. The number of carbonyl (C=O) groups is 1. The van der Waals surface area contributed by atoms with E-state index in [4.69, 9.17) is 9.63 Å². The van der Waals surface area contributed by atoms with Crippen LogP contribution in [0.15, 0.2) is 25.7 Å². The maximum atomic E-state index is 11.0. The summed E-state index contributed by atoms with van der Waals surface area (Å²) in [6, 6.07) is 1.82. The maximum Gasteiger partial charge on any atom is 0.307 e. The smallest absolute Gasteiger partial charge is 0.307 e. The third-order valence-electron chi connectivity index (χ3n) is 2.99. The first-order valence-electron chi connectivity index (χ1n) is 5.78. The van der Waals surface area contributed by atoms with Gasteiger partial charge in [0.05, 0.1) is 5.92 Å². The van der Waals surface area contributed by atoms with Gasteiger partial charge >= 0.3 is 5.97 Å². The molecule has 2 unspecified atom stereocenters. The monoisotopic (exact) mass is 403 g/mol. The molecule has 0 amide bonds. The molecule has 0 spiro atoms. The Hall–Kier alpha value is -1.28. The van der Waals surface area contributed by atoms with Crippen LogP contribution in [-0.4, -0.2) is 26.2 Å². The summed E-state index contributed by atoms with van der Waals surface area (Å²) in [7, 11) is 0. The van der Waals surface area contributed by atoms with E-state index in [-0.39, 0.29) is 11.8 Å². The minimum Gasteiger partial charge on any atom is -0.481 e. The van der Waals surface area contributed by atoms with E-state index in [9.17, 15) is 4.79 Å². The lowest BCUT2D eigenvalue weighted by Gasteiger charge is -2.10. The zero-order valence-electron chi connectivity index (χ0n) is 10.7. The van der Waals surface area contributed by atoms with Crippen molar-refractivity contribution in [2.45, 2.75) is 19.8 Å². The molecule has 20 heavy (non-hydrogen) atoms. The van der Waals surface area contributed by atoms with Gasteiger partial charge in [-0.1, -0.05) is 19.0 Å². The Balaban J connectivity index is 2.31. The Morgan fingerprint density at radius 2 is 2.10 bits per heavy atom. The highest BCUT2D eigenvalue weighted by Crippen LogP contribution is 2.29. The average molecular weight is 405 g/mol. The number of hydrogen-bond donors (Lipinski definition) is 1. The predicted octanol–water partition coefficient (Wildman–Crippen LogP) is 3.48. The molecule has 2 rings (SSSR count). The molecule has 0 aliphatic heterocycles. The van der Waals surface area contributed by atoms with E-state index in [1.165, 1.54) is 0 Å². The van der Waals surface area contributed by atoms with E-state index in [1.54, 1.807) is 20.0 Å². The fraction of sp³-hybridized carbons (Fsp3) is 0.333. The van der Waals surface area contributed by atoms with E-state index in [0.29, 0.717) is 11.5 Å². The van der Waals surface area contributed by atoms with Crippen molar-refractivity contribution in [2.24, 2.45) is 5.92 Å². The van der Waals surface area contributed by atoms with Gasteiger partial charge in [-0.2, -0.15) is 4.98 Å². The second-order valence-corrected chi connectivity index (χ2v) is 6.13. The van der Waals surface area contributed by atoms with Crippen LogP contribution < -0.4 is 0 Å². The number of aliphatic carboxylic acids is 1. The van der Waals surface area contributed by atoms with Crippen LogP contribution in [0.3, 0.4) is 0 Å². The van der Waals surface area contributed by atoms with Crippen molar-refractivity contribution in [3.63, 3.8) is 0 Å². The molecule has 1 N–H and O–H groups in total. The van der Waals surface area contributed by atoms with Crippen LogP contribution in [0.2, 0.25) is 0 Å². The summed E-state index contributed by atoms with van der Waals surface area (Å²) in [4.78, 5) is 19.4. The van der Waals surface area contributed by atoms with Crippen LogP contribution in [0.25, 0.3) is 11.5 Å². The third-order valence-corrected chi connectivity index (χ3v) is 4.03. The van der Waals surface area contributed by atoms with Gasteiger partial charge in [0.2, 0.25) is 11.7 Å². The number of carboxylic acids is 1. The average Bonchev–Trinajstić information content (AvgIpc) is 2.86. The Morgan fingerprint density at radius 3 is 2.70 bits per heavy atom. The number of rotatable bonds is 4. The predicted molar refractivity (Wildman–Crippen MR) is 78.1 cm³/mol. The molecule has 0 saturated heterocycles. The van der Waals surface area contributed by atoms with Crippen LogP contribution in [0.4, 0.5) is 0 Å². The van der Waals surface area contributed by atoms with E-state index in [2.05, 4.69) is 47.0 Å². The van der Waals surface area contributed by atoms with Crippen molar-refractivity contribution in [1.82, 2.24) is 15.1 Å². The van der Waals surface area contributed by atoms with Crippen molar-refractivity contribution < 1.29 is 14.4 Å². The second kappa shape index (κ2) is 6.01. The summed E-state index contributed by atoms with van der Waals surface area (Å²) in [5.74, 6) is -1.27. The molecule has 0 fully saturated rings. The Kier molecular flexibility index (Phi) is 4.54. The number of halogens is 2. The summed E-state index contributed by atoms with van der Waals surface area (Å²) in [5.41, 5.74) is 0.540. The van der Waals surface area contributed by atoms with E-state index >= 15 is 0 Å². The van der Waals surface area contributed by atoms with Gasteiger partial charge in [0.25, 0.3) is 0 Å². The quantitative estimate of drug-likeness (QED) is 0.838. The zero-order valence-corrected chi connectivity index (χ0v) is 13.8. The summed E-state index contributed by atoms with van der Waals surface area (Å²) in [6.07, 6.45) is 1.62. The van der Waals surface area contributed by atoms with Gasteiger partial charge < -0.3 is 9.63 Å². The van der Waals surface area contributed by atoms with Gasteiger partial charge in [-0.05, 0) is 37.9 Å². The van der Waals surface area contributed by atoms with Gasteiger partial charge in [0.1, 0.15) is 5.69 Å². The molecule has 106 valence electrons. The minimum absolute atomic E-state index is 0.284. The highest BCUT2D eigenvalue weighted by molar-refractivity contribution is 9.11. The molecule has 0 saturated carbocycles. The second-order valence-electron chi connectivity index (χ2n) is 4.36. The Morgan fingerprint density at radius 1 is 1.40 bits per heavy atom. The molecule has 0 aliphatic carbocycles. The van der Waals surface area contributed by atoms with E-state index < -0.39 is 11.9 Å². The fourth-order valence-electron chi connectivity index (χ4n) is 1.52. The Labute approximate surface area is 131 Å². The van der Waals surface area contributed by atoms with Gasteiger partial charge in [-0.25, -0.2) is 0 Å². The molecule has 6 nitrogen and oxygen atoms in total. The standard InChI is InChI=1S/C12H11Br2N3O3/c1-5(6(2)12(18)19)11-16-10(17-20-11)9-8(14)3-7(13)4-15-9/h3-6H,1-2H3,(H,18,19). The highest BCUT2D eigenvalue weighted by Gasteiger charge is 2.26. The summed E-state index contributed by atoms with van der Waals surface area (Å²) >= 11 is 6.68. The van der Waals surface area contributed by atoms with E-state index in [0.717, 1.165) is 8.95 Å². The minimum atomic E-state index is -0.903. The lowest BCUT2D eigenvalue weighted by Crippen LogP contribution is -2.16. The largest absolute Gasteiger partial charge is 0.481 e. The van der Waals surface area contributed by atoms with Crippen LogP contribution >= 0.6 is 31.9 Å². The van der Waals surface area contributed by atoms with Crippen molar-refractivity contribution in [3.8, 4) is 11.5 Å². The summed E-state index contributed by atoms with van der Waals surface area (Å²) in [5, 5.41) is 12.9. The fourth-order valence-corrected chi connectivity index (χ4v) is 2.69. The lowest BCUT2D eigenvalue weighted by atomic mass is 9.96. The van der Waals surface area contributed by atoms with Gasteiger partial charge in [0.15, 0.2) is 0 Å². The molecule has 0 aliphatic rings.